The Morgan fingerprint density at radius 2 is 1.61 bits per heavy atom. The van der Waals surface area contributed by atoms with Gasteiger partial charge in [0, 0.05) is 39.2 Å². The number of esters is 1. The van der Waals surface area contributed by atoms with Gasteiger partial charge in [-0.3, -0.25) is 9.59 Å². The molecule has 0 spiro atoms. The lowest BCUT2D eigenvalue weighted by atomic mass is 9.70. The van der Waals surface area contributed by atoms with Gasteiger partial charge in [-0.15, -0.1) is 0 Å². The van der Waals surface area contributed by atoms with Gasteiger partial charge in [-0.2, -0.15) is 0 Å². The molecule has 0 bridgehead atoms. The highest BCUT2D eigenvalue weighted by molar-refractivity contribution is 5.99. The number of carbonyl (C=O) groups is 2. The van der Waals surface area contributed by atoms with Crippen LogP contribution in [0, 0.1) is 35.5 Å². The number of methoxy groups -OCH3 is 3. The lowest BCUT2D eigenvalue weighted by Gasteiger charge is -2.44. The molecule has 11 nitrogen and oxygen atoms in total. The largest absolute Gasteiger partial charge is 0.462 e. The number of fused-ring (bicyclic) bond motifs is 5. The second kappa shape index (κ2) is 17.2. The van der Waals surface area contributed by atoms with Gasteiger partial charge in [0.15, 0.2) is 18.4 Å². The van der Waals surface area contributed by atoms with E-state index >= 15 is 0 Å². The van der Waals surface area contributed by atoms with Crippen LogP contribution in [0.4, 0.5) is 0 Å². The minimum absolute atomic E-state index is 0.0241. The molecule has 11 heteroatoms. The van der Waals surface area contributed by atoms with E-state index in [2.05, 4.69) is 37.4 Å². The topological polar surface area (TPSA) is 120 Å². The van der Waals surface area contributed by atoms with Crippen LogP contribution in [0.25, 0.3) is 0 Å². The first kappa shape index (κ1) is 39.0. The van der Waals surface area contributed by atoms with Gasteiger partial charge in [-0.05, 0) is 102 Å². The number of ether oxygens (including phenoxy) is 8. The van der Waals surface area contributed by atoms with Crippen molar-refractivity contribution in [2.75, 3.05) is 28.4 Å². The summed E-state index contributed by atoms with van der Waals surface area (Å²) >= 11 is 0. The highest BCUT2D eigenvalue weighted by Gasteiger charge is 2.52. The molecule has 51 heavy (non-hydrogen) atoms. The molecule has 3 aliphatic heterocycles. The second-order valence-corrected chi connectivity index (χ2v) is 15.9. The molecule has 0 unspecified atom stereocenters. The summed E-state index contributed by atoms with van der Waals surface area (Å²) in [6, 6.07) is 0.288. The van der Waals surface area contributed by atoms with Crippen molar-refractivity contribution in [2.45, 2.75) is 153 Å². The number of hydrogen-bond acceptors (Lipinski definition) is 11. The summed E-state index contributed by atoms with van der Waals surface area (Å²) in [4.78, 5) is 28.1. The van der Waals surface area contributed by atoms with E-state index in [1.807, 2.05) is 20.9 Å². The molecule has 6 aliphatic rings. The van der Waals surface area contributed by atoms with Crippen molar-refractivity contribution < 1.29 is 47.5 Å². The fourth-order valence-corrected chi connectivity index (χ4v) is 10.1. The summed E-state index contributed by atoms with van der Waals surface area (Å²) in [5.74, 6) is 0.0185. The molecule has 1 saturated carbocycles. The molecule has 0 aromatic heterocycles. The average Bonchev–Trinajstić information content (AvgIpc) is 3.70. The maximum Gasteiger partial charge on any atom is 0.306 e. The Morgan fingerprint density at radius 1 is 0.843 bits per heavy atom. The summed E-state index contributed by atoms with van der Waals surface area (Å²) in [6.45, 7) is 8.12. The molecular weight excluding hydrogens is 654 g/mol. The zero-order valence-corrected chi connectivity index (χ0v) is 32.0. The quantitative estimate of drug-likeness (QED) is 0.252. The van der Waals surface area contributed by atoms with E-state index in [1.54, 1.807) is 21.3 Å². The van der Waals surface area contributed by atoms with E-state index in [9.17, 15) is 9.59 Å². The molecule has 3 aliphatic carbocycles. The van der Waals surface area contributed by atoms with Crippen molar-refractivity contribution in [3.8, 4) is 0 Å². The highest BCUT2D eigenvalue weighted by atomic mass is 16.7. The van der Waals surface area contributed by atoms with Gasteiger partial charge in [0.1, 0.15) is 24.4 Å². The summed E-state index contributed by atoms with van der Waals surface area (Å²) in [7, 11) is 6.93. The Morgan fingerprint density at radius 3 is 2.29 bits per heavy atom. The number of cyclic esters (lactones) is 1. The van der Waals surface area contributed by atoms with Gasteiger partial charge in [0.05, 0.1) is 30.8 Å². The summed E-state index contributed by atoms with van der Waals surface area (Å²) in [5.41, 5.74) is 0.761. The lowest BCUT2D eigenvalue weighted by molar-refractivity contribution is -0.314. The Bertz CT molecular complexity index is 1260. The van der Waals surface area contributed by atoms with Crippen molar-refractivity contribution >= 4 is 11.8 Å². The zero-order chi connectivity index (χ0) is 36.4. The van der Waals surface area contributed by atoms with Crippen LogP contribution in [-0.2, 0) is 47.5 Å². The zero-order valence-electron chi connectivity index (χ0n) is 32.0. The average molecular weight is 718 g/mol. The van der Waals surface area contributed by atoms with E-state index in [0.717, 1.165) is 50.5 Å². The monoisotopic (exact) mass is 717 g/mol. The Labute approximate surface area is 304 Å². The van der Waals surface area contributed by atoms with Crippen molar-refractivity contribution in [1.29, 1.82) is 0 Å². The second-order valence-electron chi connectivity index (χ2n) is 15.9. The Hall–Kier alpha value is -1.70. The maximum absolute atomic E-state index is 14.6. The van der Waals surface area contributed by atoms with Gasteiger partial charge in [-0.1, -0.05) is 32.1 Å². The Kier molecular flexibility index (Phi) is 13.1. The van der Waals surface area contributed by atoms with Crippen LogP contribution in [-0.4, -0.2) is 108 Å². The third kappa shape index (κ3) is 8.21. The number of carbonyl (C=O) groups excluding carboxylic acids is 2. The van der Waals surface area contributed by atoms with Crippen molar-refractivity contribution in [1.82, 2.24) is 5.32 Å². The van der Waals surface area contributed by atoms with E-state index in [-0.39, 0.29) is 103 Å². The molecule has 3 saturated heterocycles. The fourth-order valence-electron chi connectivity index (χ4n) is 10.1. The first-order valence-electron chi connectivity index (χ1n) is 19.6. The minimum atomic E-state index is -0.593. The van der Waals surface area contributed by atoms with Gasteiger partial charge in [0.25, 0.3) is 0 Å². The molecule has 0 aromatic rings. The van der Waals surface area contributed by atoms with Crippen molar-refractivity contribution in [3.05, 3.63) is 23.8 Å². The molecule has 6 rings (SSSR count). The van der Waals surface area contributed by atoms with Gasteiger partial charge < -0.3 is 43.2 Å². The number of rotatable bonds is 9. The van der Waals surface area contributed by atoms with Crippen LogP contribution in [0.3, 0.4) is 0 Å². The molecule has 17 atom stereocenters. The SMILES string of the molecule is CC[C@@H]1CCC[C@H](O[C@H]2CC[C@H](NC)[C@@H](C)O2)[C@H](C)C(=O)C2=C[C@@H]3[C@@H](C=C[C@@H]4C[C@@H](O[C@@H]5O[C@@H](C)[C@H](OC)[C@@H](OC)[C@H]5OC)C[C@@H]34)[C@@H]2CC(=O)O1. The third-order valence-electron chi connectivity index (χ3n) is 13.0. The van der Waals surface area contributed by atoms with E-state index in [0.29, 0.717) is 12.3 Å². The number of nitrogens with one attached hydrogen (secondary N) is 1. The molecule has 1 N–H and O–H groups in total. The maximum atomic E-state index is 14.6. The smallest absolute Gasteiger partial charge is 0.306 e. The summed E-state index contributed by atoms with van der Waals surface area (Å²) in [6.07, 6.45) is 10.8. The molecule has 4 fully saturated rings. The van der Waals surface area contributed by atoms with E-state index in [1.165, 1.54) is 0 Å². The van der Waals surface area contributed by atoms with Crippen LogP contribution in [0.2, 0.25) is 0 Å². The highest BCUT2D eigenvalue weighted by Crippen LogP contribution is 2.54. The first-order valence-corrected chi connectivity index (χ1v) is 19.6. The number of ketones is 1. The van der Waals surface area contributed by atoms with E-state index in [4.69, 9.17) is 37.9 Å². The Balaban J connectivity index is 1.21. The number of Topliss-reactive ketones (excluding diaryl/α,β-unsaturated/α-hetero) is 1. The normalized spacial score (nSPS) is 46.3. The van der Waals surface area contributed by atoms with Crippen LogP contribution < -0.4 is 5.32 Å². The predicted molar refractivity (Wildman–Crippen MR) is 190 cm³/mol. The summed E-state index contributed by atoms with van der Waals surface area (Å²) < 4.78 is 49.4. The number of likely N-dealkylation sites (N-methyl/N-ethyl adjacent to an activating group) is 1. The van der Waals surface area contributed by atoms with Gasteiger partial charge >= 0.3 is 5.97 Å². The third-order valence-corrected chi connectivity index (χ3v) is 13.0. The molecule has 0 radical (unpaired) electrons. The minimum Gasteiger partial charge on any atom is -0.462 e. The molecule has 3 heterocycles. The molecule has 0 aromatic carbocycles. The molecule has 288 valence electrons. The molecular formula is C40H63NO10. The first-order chi connectivity index (χ1) is 24.6. The van der Waals surface area contributed by atoms with Crippen molar-refractivity contribution in [2.24, 2.45) is 35.5 Å². The van der Waals surface area contributed by atoms with Gasteiger partial charge in [0.2, 0.25) is 0 Å². The fraction of sp³-hybridized carbons (Fsp3) is 0.850. The summed E-state index contributed by atoms with van der Waals surface area (Å²) in [5, 5.41) is 3.34. The van der Waals surface area contributed by atoms with Crippen LogP contribution in [0.1, 0.15) is 85.5 Å². The van der Waals surface area contributed by atoms with Crippen molar-refractivity contribution in [3.63, 3.8) is 0 Å². The number of allylic oxidation sites excluding steroid dienone is 4. The van der Waals surface area contributed by atoms with Gasteiger partial charge in [-0.25, -0.2) is 0 Å². The predicted octanol–water partition coefficient (Wildman–Crippen LogP) is 5.15. The standard InChI is InChI=1S/C40H63NO10/c1-9-25-11-10-12-33(51-35-16-15-32(41-5)22(3)47-35)21(2)36(43)31-19-29-27(30(31)20-34(42)49-25)14-13-24-17-26(18-28(24)29)50-40-39(46-8)38(45-7)37(44-6)23(4)48-40/h13-14,19,21-30,32-33,35,37-41H,9-12,15-18,20H2,1-8H3/t21-,22+,23-,24+,25+,26+,27+,28+,29+,30-,32-,33-,35-,37-,38+,39+,40-/m0/s1. The number of hydrogen-bond donors (Lipinski definition) is 1. The van der Waals surface area contributed by atoms with Crippen LogP contribution in [0.5, 0.6) is 0 Å². The van der Waals surface area contributed by atoms with E-state index < -0.39 is 12.4 Å². The van der Waals surface area contributed by atoms with Crippen LogP contribution in [0.15, 0.2) is 23.8 Å². The van der Waals surface area contributed by atoms with Crippen LogP contribution >= 0.6 is 0 Å². The molecule has 0 amide bonds. The lowest BCUT2D eigenvalue weighted by Crippen LogP contribution is -2.59.